The predicted octanol–water partition coefficient (Wildman–Crippen LogP) is 3.13. The van der Waals surface area contributed by atoms with Gasteiger partial charge in [-0.1, -0.05) is 48.5 Å². The highest BCUT2D eigenvalue weighted by Gasteiger charge is 2.06. The Balaban J connectivity index is 1.39. The van der Waals surface area contributed by atoms with Gasteiger partial charge in [0, 0.05) is 24.6 Å². The fourth-order valence-corrected chi connectivity index (χ4v) is 2.91. The molecule has 144 valence electrons. The topological polar surface area (TPSA) is 74.2 Å². The zero-order chi connectivity index (χ0) is 19.6. The van der Waals surface area contributed by atoms with Crippen molar-refractivity contribution in [1.82, 2.24) is 10.3 Å². The summed E-state index contributed by atoms with van der Waals surface area (Å²) in [7, 11) is 0. The van der Waals surface area contributed by atoms with Gasteiger partial charge < -0.3 is 15.7 Å². The quantitative estimate of drug-likeness (QED) is 0.503. The van der Waals surface area contributed by atoms with Gasteiger partial charge in [0.05, 0.1) is 12.5 Å². The number of aliphatic hydroxyl groups excluding tert-OH is 1. The van der Waals surface area contributed by atoms with Crippen molar-refractivity contribution in [3.63, 3.8) is 0 Å². The SMILES string of the molecule is O=C(Cc1cccnc1)Nc1ccc(CCNC[C@H](O)c2ccccc2)cc1. The zero-order valence-corrected chi connectivity index (χ0v) is 15.7. The third-order valence-corrected chi connectivity index (χ3v) is 4.44. The van der Waals surface area contributed by atoms with Crippen molar-refractivity contribution in [3.8, 4) is 0 Å². The van der Waals surface area contributed by atoms with E-state index in [1.807, 2.05) is 66.7 Å². The van der Waals surface area contributed by atoms with Crippen LogP contribution in [0.5, 0.6) is 0 Å². The van der Waals surface area contributed by atoms with E-state index in [0.717, 1.165) is 29.8 Å². The Bertz CT molecular complexity index is 852. The number of nitrogens with one attached hydrogen (secondary N) is 2. The number of nitrogens with zero attached hydrogens (tertiary/aromatic N) is 1. The average molecular weight is 375 g/mol. The maximum Gasteiger partial charge on any atom is 0.228 e. The second kappa shape index (κ2) is 10.3. The molecule has 3 aromatic rings. The van der Waals surface area contributed by atoms with Crippen molar-refractivity contribution in [2.75, 3.05) is 18.4 Å². The molecule has 0 aliphatic rings. The minimum atomic E-state index is -0.501. The maximum absolute atomic E-state index is 12.1. The predicted molar refractivity (Wildman–Crippen MR) is 111 cm³/mol. The number of rotatable bonds is 9. The van der Waals surface area contributed by atoms with Crippen LogP contribution in [-0.4, -0.2) is 29.1 Å². The Morgan fingerprint density at radius 3 is 2.46 bits per heavy atom. The lowest BCUT2D eigenvalue weighted by Crippen LogP contribution is -2.23. The van der Waals surface area contributed by atoms with Gasteiger partial charge in [-0.05, 0) is 47.9 Å². The van der Waals surface area contributed by atoms with Gasteiger partial charge in [0.1, 0.15) is 0 Å². The van der Waals surface area contributed by atoms with Crippen LogP contribution in [-0.2, 0) is 17.6 Å². The second-order valence-corrected chi connectivity index (χ2v) is 6.66. The molecule has 0 unspecified atom stereocenters. The molecule has 3 N–H and O–H groups in total. The summed E-state index contributed by atoms with van der Waals surface area (Å²) in [5, 5.41) is 16.3. The normalized spacial score (nSPS) is 11.8. The van der Waals surface area contributed by atoms with Crippen molar-refractivity contribution >= 4 is 11.6 Å². The average Bonchev–Trinajstić information content (AvgIpc) is 2.73. The monoisotopic (exact) mass is 375 g/mol. The van der Waals surface area contributed by atoms with Crippen molar-refractivity contribution < 1.29 is 9.90 Å². The first-order chi connectivity index (χ1) is 13.7. The molecule has 5 nitrogen and oxygen atoms in total. The zero-order valence-electron chi connectivity index (χ0n) is 15.7. The molecule has 3 rings (SSSR count). The van der Waals surface area contributed by atoms with E-state index >= 15 is 0 Å². The summed E-state index contributed by atoms with van der Waals surface area (Å²) in [6.45, 7) is 1.29. The maximum atomic E-state index is 12.1. The number of pyridine rings is 1. The number of hydrogen-bond donors (Lipinski definition) is 3. The van der Waals surface area contributed by atoms with E-state index < -0.39 is 6.10 Å². The number of hydrogen-bond acceptors (Lipinski definition) is 4. The number of carbonyl (C=O) groups excluding carboxylic acids is 1. The smallest absolute Gasteiger partial charge is 0.228 e. The summed E-state index contributed by atoms with van der Waals surface area (Å²) in [6, 6.07) is 21.2. The minimum Gasteiger partial charge on any atom is -0.387 e. The number of aromatic nitrogens is 1. The highest BCUT2D eigenvalue weighted by Crippen LogP contribution is 2.12. The molecule has 0 spiro atoms. The lowest BCUT2D eigenvalue weighted by atomic mass is 10.1. The van der Waals surface area contributed by atoms with E-state index in [-0.39, 0.29) is 5.91 Å². The van der Waals surface area contributed by atoms with Gasteiger partial charge in [-0.3, -0.25) is 9.78 Å². The molecule has 0 bridgehead atoms. The molecular weight excluding hydrogens is 350 g/mol. The molecule has 0 radical (unpaired) electrons. The lowest BCUT2D eigenvalue weighted by molar-refractivity contribution is -0.115. The second-order valence-electron chi connectivity index (χ2n) is 6.66. The van der Waals surface area contributed by atoms with Crippen LogP contribution in [0.2, 0.25) is 0 Å². The first kappa shape index (κ1) is 19.7. The van der Waals surface area contributed by atoms with E-state index in [9.17, 15) is 9.90 Å². The Hall–Kier alpha value is -3.02. The van der Waals surface area contributed by atoms with Crippen molar-refractivity contribution in [2.24, 2.45) is 0 Å². The number of anilines is 1. The third-order valence-electron chi connectivity index (χ3n) is 4.44. The molecule has 0 aliphatic heterocycles. The van der Waals surface area contributed by atoms with Crippen LogP contribution in [0.25, 0.3) is 0 Å². The van der Waals surface area contributed by atoms with Gasteiger partial charge in [-0.15, -0.1) is 0 Å². The van der Waals surface area contributed by atoms with Gasteiger partial charge in [0.25, 0.3) is 0 Å². The van der Waals surface area contributed by atoms with Gasteiger partial charge in [-0.25, -0.2) is 0 Å². The summed E-state index contributed by atoms with van der Waals surface area (Å²) >= 11 is 0. The van der Waals surface area contributed by atoms with Crippen LogP contribution in [0.1, 0.15) is 22.8 Å². The molecule has 1 amide bonds. The third kappa shape index (κ3) is 6.30. The Morgan fingerprint density at radius 2 is 1.75 bits per heavy atom. The van der Waals surface area contributed by atoms with Crippen LogP contribution in [0, 0.1) is 0 Å². The van der Waals surface area contributed by atoms with Gasteiger partial charge in [-0.2, -0.15) is 0 Å². The molecule has 1 atom stereocenters. The summed E-state index contributed by atoms with van der Waals surface area (Å²) in [4.78, 5) is 16.1. The van der Waals surface area contributed by atoms with Gasteiger partial charge >= 0.3 is 0 Å². The molecular formula is C23H25N3O2. The number of benzene rings is 2. The van der Waals surface area contributed by atoms with Crippen molar-refractivity contribution in [2.45, 2.75) is 18.9 Å². The molecule has 28 heavy (non-hydrogen) atoms. The fourth-order valence-electron chi connectivity index (χ4n) is 2.91. The molecule has 5 heteroatoms. The van der Waals surface area contributed by atoms with Crippen LogP contribution in [0.3, 0.4) is 0 Å². The molecule has 0 saturated carbocycles. The van der Waals surface area contributed by atoms with Gasteiger partial charge in [0.2, 0.25) is 5.91 Å². The van der Waals surface area contributed by atoms with Crippen LogP contribution >= 0.6 is 0 Å². The van der Waals surface area contributed by atoms with E-state index in [2.05, 4.69) is 15.6 Å². The van der Waals surface area contributed by atoms with Crippen LogP contribution in [0.15, 0.2) is 79.1 Å². The largest absolute Gasteiger partial charge is 0.387 e. The summed E-state index contributed by atoms with van der Waals surface area (Å²) in [5.74, 6) is -0.0580. The van der Waals surface area contributed by atoms with E-state index in [1.165, 1.54) is 5.56 Å². The molecule has 2 aromatic carbocycles. The minimum absolute atomic E-state index is 0.0580. The molecule has 0 fully saturated rings. The number of aliphatic hydroxyl groups is 1. The van der Waals surface area contributed by atoms with Gasteiger partial charge in [0.15, 0.2) is 0 Å². The Morgan fingerprint density at radius 1 is 0.964 bits per heavy atom. The first-order valence-corrected chi connectivity index (χ1v) is 9.42. The van der Waals surface area contributed by atoms with Crippen molar-refractivity contribution in [1.29, 1.82) is 0 Å². The first-order valence-electron chi connectivity index (χ1n) is 9.42. The van der Waals surface area contributed by atoms with Crippen molar-refractivity contribution in [3.05, 3.63) is 95.8 Å². The lowest BCUT2D eigenvalue weighted by Gasteiger charge is -2.12. The standard InChI is InChI=1S/C23H25N3O2/c27-22(20-6-2-1-3-7-20)17-25-14-12-18-8-10-21(11-9-18)26-23(28)15-19-5-4-13-24-16-19/h1-11,13,16,22,25,27H,12,14-15,17H2,(H,26,28)/t22-/m0/s1. The van der Waals surface area contributed by atoms with E-state index in [4.69, 9.17) is 0 Å². The highest BCUT2D eigenvalue weighted by molar-refractivity contribution is 5.92. The summed E-state index contributed by atoms with van der Waals surface area (Å²) in [6.07, 6.45) is 4.05. The van der Waals surface area contributed by atoms with Crippen LogP contribution in [0.4, 0.5) is 5.69 Å². The molecule has 0 saturated heterocycles. The Labute approximate surface area is 165 Å². The highest BCUT2D eigenvalue weighted by atomic mass is 16.3. The molecule has 0 aliphatic carbocycles. The fraction of sp³-hybridized carbons (Fsp3) is 0.217. The van der Waals surface area contributed by atoms with Crippen LogP contribution < -0.4 is 10.6 Å². The molecule has 1 heterocycles. The molecule has 1 aromatic heterocycles. The van der Waals surface area contributed by atoms with E-state index in [0.29, 0.717) is 13.0 Å². The van der Waals surface area contributed by atoms with E-state index in [1.54, 1.807) is 12.4 Å². The number of amides is 1. The summed E-state index contributed by atoms with van der Waals surface area (Å²) in [5.41, 5.74) is 3.76. The number of carbonyl (C=O) groups is 1. The summed E-state index contributed by atoms with van der Waals surface area (Å²) < 4.78 is 0. The Kier molecular flexibility index (Phi) is 7.29.